The molecular formula is C17H16F2N2O. The summed E-state index contributed by atoms with van der Waals surface area (Å²) in [6.45, 7) is 3.03. The fourth-order valence-electron chi connectivity index (χ4n) is 2.35. The lowest BCUT2D eigenvalue weighted by Gasteiger charge is -2.09. The molecule has 114 valence electrons. The molecule has 3 nitrogen and oxygen atoms in total. The number of nitrogens with zero attached hydrogens (tertiary/aromatic N) is 2. The fraction of sp³-hybridized carbons (Fsp3) is 0.235. The van der Waals surface area contributed by atoms with Crippen LogP contribution in [-0.4, -0.2) is 16.2 Å². The molecule has 0 unspecified atom stereocenters. The van der Waals surface area contributed by atoms with Gasteiger partial charge >= 0.3 is 0 Å². The molecule has 3 rings (SSSR count). The molecule has 0 aliphatic carbocycles. The molecule has 0 aliphatic heterocycles. The van der Waals surface area contributed by atoms with Crippen molar-refractivity contribution in [3.63, 3.8) is 0 Å². The molecule has 0 N–H and O–H groups in total. The van der Waals surface area contributed by atoms with Crippen molar-refractivity contribution in [3.8, 4) is 5.75 Å². The predicted octanol–water partition coefficient (Wildman–Crippen LogP) is 3.96. The van der Waals surface area contributed by atoms with Gasteiger partial charge in [-0.1, -0.05) is 19.1 Å². The van der Waals surface area contributed by atoms with Gasteiger partial charge in [0.15, 0.2) is 11.6 Å². The Morgan fingerprint density at radius 1 is 1.14 bits per heavy atom. The summed E-state index contributed by atoms with van der Waals surface area (Å²) in [6, 6.07) is 10.2. The number of rotatable bonds is 5. The van der Waals surface area contributed by atoms with Gasteiger partial charge in [-0.05, 0) is 24.1 Å². The number of fused-ring (bicyclic) bond motifs is 1. The Morgan fingerprint density at radius 3 is 2.77 bits per heavy atom. The molecule has 0 fully saturated rings. The molecular weight excluding hydrogens is 286 g/mol. The van der Waals surface area contributed by atoms with Gasteiger partial charge in [-0.15, -0.1) is 0 Å². The Morgan fingerprint density at radius 2 is 1.95 bits per heavy atom. The minimum absolute atomic E-state index is 0.428. The van der Waals surface area contributed by atoms with Crippen LogP contribution < -0.4 is 4.74 Å². The topological polar surface area (TPSA) is 27.1 Å². The van der Waals surface area contributed by atoms with Gasteiger partial charge in [0.05, 0.1) is 23.9 Å². The number of aromatic nitrogens is 2. The van der Waals surface area contributed by atoms with Crippen LogP contribution in [0.3, 0.4) is 0 Å². The third kappa shape index (κ3) is 2.93. The normalized spacial score (nSPS) is 11.0. The number of aryl methyl sites for hydroxylation is 1. The second kappa shape index (κ2) is 6.13. The molecule has 0 atom stereocenters. The zero-order valence-electron chi connectivity index (χ0n) is 12.2. The highest BCUT2D eigenvalue weighted by Crippen LogP contribution is 2.18. The summed E-state index contributed by atoms with van der Waals surface area (Å²) in [4.78, 5) is 4.07. The third-order valence-electron chi connectivity index (χ3n) is 3.57. The van der Waals surface area contributed by atoms with Crippen LogP contribution in [-0.2, 0) is 13.0 Å². The maximum Gasteiger partial charge on any atom is 0.161 e. The van der Waals surface area contributed by atoms with Gasteiger partial charge in [0.25, 0.3) is 0 Å². The van der Waals surface area contributed by atoms with Crippen LogP contribution in [0.25, 0.3) is 11.0 Å². The molecule has 0 radical (unpaired) electrons. The number of halogens is 2. The van der Waals surface area contributed by atoms with E-state index in [2.05, 4.69) is 11.9 Å². The lowest BCUT2D eigenvalue weighted by molar-refractivity contribution is 0.300. The largest absolute Gasteiger partial charge is 0.492 e. The Kier molecular flexibility index (Phi) is 4.04. The van der Waals surface area contributed by atoms with Crippen LogP contribution in [0.4, 0.5) is 8.78 Å². The van der Waals surface area contributed by atoms with Gasteiger partial charge in [-0.25, -0.2) is 13.8 Å². The lowest BCUT2D eigenvalue weighted by Crippen LogP contribution is -2.07. The smallest absolute Gasteiger partial charge is 0.161 e. The van der Waals surface area contributed by atoms with Gasteiger partial charge in [-0.2, -0.15) is 0 Å². The standard InChI is InChI=1S/C17H16F2N2O/c1-2-12-4-3-5-13(8-12)22-7-6-21-11-20-16-9-14(18)15(19)10-17(16)21/h3-5,8-11H,2,6-7H2,1H3. The first-order valence-electron chi connectivity index (χ1n) is 7.19. The summed E-state index contributed by atoms with van der Waals surface area (Å²) < 4.78 is 33.9. The number of hydrogen-bond acceptors (Lipinski definition) is 2. The van der Waals surface area contributed by atoms with Crippen molar-refractivity contribution >= 4 is 11.0 Å². The minimum Gasteiger partial charge on any atom is -0.492 e. The Labute approximate surface area is 127 Å². The molecule has 0 saturated carbocycles. The van der Waals surface area contributed by atoms with Gasteiger partial charge in [0.2, 0.25) is 0 Å². The van der Waals surface area contributed by atoms with E-state index in [1.54, 1.807) is 10.9 Å². The zero-order chi connectivity index (χ0) is 15.5. The van der Waals surface area contributed by atoms with Crippen molar-refractivity contribution in [1.29, 1.82) is 0 Å². The van der Waals surface area contributed by atoms with E-state index in [9.17, 15) is 8.78 Å². The Hall–Kier alpha value is -2.43. The van der Waals surface area contributed by atoms with Gasteiger partial charge in [-0.3, -0.25) is 0 Å². The van der Waals surface area contributed by atoms with E-state index in [0.717, 1.165) is 24.3 Å². The molecule has 3 aromatic rings. The van der Waals surface area contributed by atoms with E-state index in [-0.39, 0.29) is 0 Å². The summed E-state index contributed by atoms with van der Waals surface area (Å²) >= 11 is 0. The molecule has 0 spiro atoms. The summed E-state index contributed by atoms with van der Waals surface area (Å²) in [7, 11) is 0. The summed E-state index contributed by atoms with van der Waals surface area (Å²) in [6.07, 6.45) is 2.52. The highest BCUT2D eigenvalue weighted by Gasteiger charge is 2.09. The lowest BCUT2D eigenvalue weighted by atomic mass is 10.2. The van der Waals surface area contributed by atoms with Crippen molar-refractivity contribution < 1.29 is 13.5 Å². The van der Waals surface area contributed by atoms with Crippen LogP contribution in [0.15, 0.2) is 42.7 Å². The second-order valence-electron chi connectivity index (χ2n) is 5.04. The van der Waals surface area contributed by atoms with E-state index in [0.29, 0.717) is 24.2 Å². The summed E-state index contributed by atoms with van der Waals surface area (Å²) in [5, 5.41) is 0. The highest BCUT2D eigenvalue weighted by molar-refractivity contribution is 5.75. The first-order valence-corrected chi connectivity index (χ1v) is 7.19. The fourth-order valence-corrected chi connectivity index (χ4v) is 2.35. The number of benzene rings is 2. The molecule has 5 heteroatoms. The number of hydrogen-bond donors (Lipinski definition) is 0. The zero-order valence-corrected chi connectivity index (χ0v) is 12.2. The van der Waals surface area contributed by atoms with Gasteiger partial charge < -0.3 is 9.30 Å². The quantitative estimate of drug-likeness (QED) is 0.713. The van der Waals surface area contributed by atoms with E-state index in [4.69, 9.17) is 4.74 Å². The number of ether oxygens (including phenoxy) is 1. The average molecular weight is 302 g/mol. The molecule has 1 heterocycles. The van der Waals surface area contributed by atoms with Crippen LogP contribution in [0.1, 0.15) is 12.5 Å². The molecule has 0 saturated heterocycles. The Balaban J connectivity index is 1.70. The van der Waals surface area contributed by atoms with Crippen molar-refractivity contribution in [3.05, 3.63) is 59.9 Å². The minimum atomic E-state index is -0.884. The van der Waals surface area contributed by atoms with Crippen LogP contribution >= 0.6 is 0 Å². The molecule has 0 bridgehead atoms. The van der Waals surface area contributed by atoms with Crippen LogP contribution in [0.5, 0.6) is 5.75 Å². The van der Waals surface area contributed by atoms with E-state index >= 15 is 0 Å². The maximum atomic E-state index is 13.3. The van der Waals surface area contributed by atoms with Crippen molar-refractivity contribution in [2.45, 2.75) is 19.9 Å². The third-order valence-corrected chi connectivity index (χ3v) is 3.57. The maximum absolute atomic E-state index is 13.3. The highest BCUT2D eigenvalue weighted by atomic mass is 19.2. The van der Waals surface area contributed by atoms with Crippen molar-refractivity contribution in [2.75, 3.05) is 6.61 Å². The number of imidazole rings is 1. The molecule has 22 heavy (non-hydrogen) atoms. The summed E-state index contributed by atoms with van der Waals surface area (Å²) in [5.74, 6) is -0.947. The monoisotopic (exact) mass is 302 g/mol. The van der Waals surface area contributed by atoms with Crippen LogP contribution in [0.2, 0.25) is 0 Å². The molecule has 2 aromatic carbocycles. The Bertz CT molecular complexity index is 798. The SMILES string of the molecule is CCc1cccc(OCCn2cnc3cc(F)c(F)cc32)c1. The molecule has 0 aliphatic rings. The van der Waals surface area contributed by atoms with Gasteiger partial charge in [0.1, 0.15) is 12.4 Å². The van der Waals surface area contributed by atoms with E-state index in [1.807, 2.05) is 24.3 Å². The molecule has 1 aromatic heterocycles. The van der Waals surface area contributed by atoms with Crippen LogP contribution in [0, 0.1) is 11.6 Å². The first kappa shape index (κ1) is 14.5. The van der Waals surface area contributed by atoms with Crippen molar-refractivity contribution in [1.82, 2.24) is 9.55 Å². The average Bonchev–Trinajstić information content (AvgIpc) is 2.90. The van der Waals surface area contributed by atoms with Gasteiger partial charge in [0, 0.05) is 12.1 Å². The summed E-state index contributed by atoms with van der Waals surface area (Å²) in [5.41, 5.74) is 2.21. The predicted molar refractivity (Wildman–Crippen MR) is 81.0 cm³/mol. The van der Waals surface area contributed by atoms with E-state index < -0.39 is 11.6 Å². The second-order valence-corrected chi connectivity index (χ2v) is 5.04. The van der Waals surface area contributed by atoms with E-state index in [1.165, 1.54) is 5.56 Å². The first-order chi connectivity index (χ1) is 10.7. The molecule has 0 amide bonds. The van der Waals surface area contributed by atoms with Crippen molar-refractivity contribution in [2.24, 2.45) is 0 Å².